The topological polar surface area (TPSA) is 48.3 Å². The molecule has 1 N–H and O–H groups in total. The van der Waals surface area contributed by atoms with Crippen molar-refractivity contribution in [1.82, 2.24) is 9.80 Å². The highest BCUT2D eigenvalue weighted by atomic mass is 16.5. The zero-order valence-corrected chi connectivity index (χ0v) is 12.6. The lowest BCUT2D eigenvalue weighted by molar-refractivity contribution is 0.133. The number of ether oxygens (including phenoxy) is 1. The fourth-order valence-corrected chi connectivity index (χ4v) is 3.00. The molecule has 1 fully saturated rings. The number of likely N-dealkylation sites (N-methyl/N-ethyl adjacent to an activating group) is 1. The van der Waals surface area contributed by atoms with Gasteiger partial charge in [-0.1, -0.05) is 5.16 Å². The lowest BCUT2D eigenvalue weighted by Crippen LogP contribution is -2.45. The number of benzene rings is 1. The molecule has 1 aromatic rings. The van der Waals surface area contributed by atoms with E-state index in [2.05, 4.69) is 28.1 Å². The highest BCUT2D eigenvalue weighted by Gasteiger charge is 2.19. The molecule has 1 saturated heterocycles. The second-order valence-corrected chi connectivity index (χ2v) is 5.86. The van der Waals surface area contributed by atoms with Crippen molar-refractivity contribution in [2.45, 2.75) is 12.8 Å². The lowest BCUT2D eigenvalue weighted by Gasteiger charge is -2.32. The monoisotopic (exact) mass is 289 g/mol. The van der Waals surface area contributed by atoms with E-state index in [0.29, 0.717) is 0 Å². The van der Waals surface area contributed by atoms with Gasteiger partial charge in [-0.05, 0) is 43.7 Å². The molecule has 0 spiro atoms. The highest BCUT2D eigenvalue weighted by molar-refractivity contribution is 6.04. The van der Waals surface area contributed by atoms with Gasteiger partial charge in [0.15, 0.2) is 0 Å². The summed E-state index contributed by atoms with van der Waals surface area (Å²) in [5.74, 6) is 0.919. The van der Waals surface area contributed by atoms with Gasteiger partial charge in [-0.15, -0.1) is 0 Å². The third-order valence-corrected chi connectivity index (χ3v) is 4.41. The molecule has 0 amide bonds. The first kappa shape index (κ1) is 14.4. The first-order valence-corrected chi connectivity index (χ1v) is 7.64. The maximum Gasteiger partial charge on any atom is 0.119 e. The summed E-state index contributed by atoms with van der Waals surface area (Å²) < 4.78 is 5.87. The molecule has 1 aromatic carbocycles. The third kappa shape index (κ3) is 3.36. The van der Waals surface area contributed by atoms with Gasteiger partial charge < -0.3 is 14.8 Å². The van der Waals surface area contributed by atoms with E-state index >= 15 is 0 Å². The minimum absolute atomic E-state index is 0.726. The van der Waals surface area contributed by atoms with Crippen molar-refractivity contribution < 1.29 is 9.94 Å². The van der Waals surface area contributed by atoms with E-state index in [1.54, 1.807) is 0 Å². The van der Waals surface area contributed by atoms with Crippen molar-refractivity contribution in [3.63, 3.8) is 0 Å². The number of oxime groups is 1. The van der Waals surface area contributed by atoms with E-state index in [-0.39, 0.29) is 0 Å². The Balaban J connectivity index is 1.50. The number of hydrogen-bond acceptors (Lipinski definition) is 5. The predicted octanol–water partition coefficient (Wildman–Crippen LogP) is 1.44. The summed E-state index contributed by atoms with van der Waals surface area (Å²) in [6.07, 6.45) is 1.75. The first-order chi connectivity index (χ1) is 10.3. The summed E-state index contributed by atoms with van der Waals surface area (Å²) in [6.45, 7) is 6.24. The largest absolute Gasteiger partial charge is 0.492 e. The average Bonchev–Trinajstić information content (AvgIpc) is 2.91. The number of aryl methyl sites for hydroxylation is 1. The Bertz CT molecular complexity index is 522. The van der Waals surface area contributed by atoms with Gasteiger partial charge in [0.25, 0.3) is 0 Å². The summed E-state index contributed by atoms with van der Waals surface area (Å²) in [7, 11) is 2.17. The van der Waals surface area contributed by atoms with Gasteiger partial charge in [-0.2, -0.15) is 0 Å². The van der Waals surface area contributed by atoms with Crippen LogP contribution in [-0.4, -0.2) is 67.1 Å². The zero-order valence-electron chi connectivity index (χ0n) is 12.6. The van der Waals surface area contributed by atoms with Crippen LogP contribution in [0.15, 0.2) is 23.4 Å². The van der Waals surface area contributed by atoms with Gasteiger partial charge in [0.1, 0.15) is 12.4 Å². The maximum atomic E-state index is 8.93. The van der Waals surface area contributed by atoms with Gasteiger partial charge in [0.2, 0.25) is 0 Å². The minimum Gasteiger partial charge on any atom is -0.492 e. The van der Waals surface area contributed by atoms with Crippen molar-refractivity contribution in [2.75, 3.05) is 46.4 Å². The quantitative estimate of drug-likeness (QED) is 0.673. The molecule has 5 nitrogen and oxygen atoms in total. The molecule has 2 aliphatic rings. The third-order valence-electron chi connectivity index (χ3n) is 4.41. The van der Waals surface area contributed by atoms with Gasteiger partial charge >= 0.3 is 0 Å². The number of piperazine rings is 1. The molecule has 1 aliphatic carbocycles. The van der Waals surface area contributed by atoms with Crippen molar-refractivity contribution >= 4 is 5.71 Å². The molecule has 0 saturated carbocycles. The number of fused-ring (bicyclic) bond motifs is 1. The van der Waals surface area contributed by atoms with Gasteiger partial charge in [0, 0.05) is 38.3 Å². The van der Waals surface area contributed by atoms with E-state index in [4.69, 9.17) is 9.94 Å². The van der Waals surface area contributed by atoms with E-state index in [9.17, 15) is 0 Å². The average molecular weight is 289 g/mol. The summed E-state index contributed by atoms with van der Waals surface area (Å²) in [5.41, 5.74) is 3.07. The molecule has 0 bridgehead atoms. The molecule has 0 aromatic heterocycles. The lowest BCUT2D eigenvalue weighted by atomic mass is 10.1. The number of nitrogens with zero attached hydrogens (tertiary/aromatic N) is 3. The second-order valence-electron chi connectivity index (χ2n) is 5.86. The summed E-state index contributed by atoms with van der Waals surface area (Å²) >= 11 is 0. The first-order valence-electron chi connectivity index (χ1n) is 7.64. The summed E-state index contributed by atoms with van der Waals surface area (Å²) in [6, 6.07) is 6.05. The SMILES string of the molecule is CN1CCN(CCOc2ccc3c(c2)CC/C3=N\O)CC1. The van der Waals surface area contributed by atoms with Crippen LogP contribution in [0.2, 0.25) is 0 Å². The molecule has 0 radical (unpaired) electrons. The van der Waals surface area contributed by atoms with Crippen LogP contribution in [0.5, 0.6) is 5.75 Å². The highest BCUT2D eigenvalue weighted by Crippen LogP contribution is 2.26. The number of rotatable bonds is 4. The second kappa shape index (κ2) is 6.45. The van der Waals surface area contributed by atoms with Crippen LogP contribution >= 0.6 is 0 Å². The smallest absolute Gasteiger partial charge is 0.119 e. The van der Waals surface area contributed by atoms with Gasteiger partial charge in [-0.25, -0.2) is 0 Å². The van der Waals surface area contributed by atoms with Gasteiger partial charge in [0.05, 0.1) is 5.71 Å². The van der Waals surface area contributed by atoms with Crippen molar-refractivity contribution in [3.8, 4) is 5.75 Å². The van der Waals surface area contributed by atoms with Crippen LogP contribution in [-0.2, 0) is 6.42 Å². The Morgan fingerprint density at radius 1 is 1.19 bits per heavy atom. The molecule has 0 atom stereocenters. The Kier molecular flexibility index (Phi) is 4.41. The van der Waals surface area contributed by atoms with E-state index in [0.717, 1.165) is 69.2 Å². The maximum absolute atomic E-state index is 8.93. The van der Waals surface area contributed by atoms with Crippen LogP contribution in [0, 0.1) is 0 Å². The molecule has 21 heavy (non-hydrogen) atoms. The van der Waals surface area contributed by atoms with Crippen LogP contribution < -0.4 is 4.74 Å². The predicted molar refractivity (Wildman–Crippen MR) is 82.5 cm³/mol. The zero-order chi connectivity index (χ0) is 14.7. The molecule has 5 heteroatoms. The molecule has 0 unspecified atom stereocenters. The standard InChI is InChI=1S/C16H23N3O2/c1-18-6-8-19(9-7-18)10-11-21-14-3-4-15-13(12-14)2-5-16(15)17-20/h3-4,12,20H,2,5-11H2,1H3/b17-16+. The van der Waals surface area contributed by atoms with Crippen molar-refractivity contribution in [1.29, 1.82) is 0 Å². The normalized spacial score (nSPS) is 21.7. The molecule has 1 heterocycles. The van der Waals surface area contributed by atoms with Crippen LogP contribution in [0.1, 0.15) is 17.5 Å². The van der Waals surface area contributed by atoms with E-state index in [1.165, 1.54) is 5.56 Å². The Hall–Kier alpha value is -1.59. The van der Waals surface area contributed by atoms with E-state index in [1.807, 2.05) is 12.1 Å². The van der Waals surface area contributed by atoms with Crippen molar-refractivity contribution in [2.24, 2.45) is 5.16 Å². The van der Waals surface area contributed by atoms with Crippen LogP contribution in [0.4, 0.5) is 0 Å². The molecule has 1 aliphatic heterocycles. The van der Waals surface area contributed by atoms with Crippen molar-refractivity contribution in [3.05, 3.63) is 29.3 Å². The fraction of sp³-hybridized carbons (Fsp3) is 0.562. The van der Waals surface area contributed by atoms with Gasteiger partial charge in [-0.3, -0.25) is 4.90 Å². The van der Waals surface area contributed by atoms with E-state index < -0.39 is 0 Å². The molecule has 114 valence electrons. The Labute approximate surface area is 125 Å². The molecular weight excluding hydrogens is 266 g/mol. The molecule has 3 rings (SSSR count). The Morgan fingerprint density at radius 2 is 2.00 bits per heavy atom. The van der Waals surface area contributed by atoms with Crippen LogP contribution in [0.25, 0.3) is 0 Å². The summed E-state index contributed by atoms with van der Waals surface area (Å²) in [4.78, 5) is 4.81. The molecular formula is C16H23N3O2. The number of hydrogen-bond donors (Lipinski definition) is 1. The Morgan fingerprint density at radius 3 is 2.76 bits per heavy atom. The van der Waals surface area contributed by atoms with Crippen LogP contribution in [0.3, 0.4) is 0 Å². The minimum atomic E-state index is 0.726. The summed E-state index contributed by atoms with van der Waals surface area (Å²) in [5, 5.41) is 12.3. The fourth-order valence-electron chi connectivity index (χ4n) is 3.00.